The molecule has 0 saturated heterocycles. The van der Waals surface area contributed by atoms with Crippen molar-refractivity contribution in [1.82, 2.24) is 4.98 Å². The fourth-order valence-corrected chi connectivity index (χ4v) is 0.896. The third-order valence-corrected chi connectivity index (χ3v) is 1.38. The molecular formula is C10H12BNO2. The van der Waals surface area contributed by atoms with Gasteiger partial charge in [-0.3, -0.25) is 4.98 Å². The van der Waals surface area contributed by atoms with Crippen molar-refractivity contribution < 1.29 is 9.53 Å². The van der Waals surface area contributed by atoms with Crippen LogP contribution in [0.3, 0.4) is 0 Å². The largest absolute Gasteiger partial charge is 0.455 e. The average Bonchev–Trinajstić information content (AvgIpc) is 2.01. The van der Waals surface area contributed by atoms with E-state index in [1.165, 1.54) is 0 Å². The summed E-state index contributed by atoms with van der Waals surface area (Å²) in [6.07, 6.45) is 0. The molecule has 0 amide bonds. The number of esters is 1. The summed E-state index contributed by atoms with van der Waals surface area (Å²) in [5.74, 6) is -0.454. The van der Waals surface area contributed by atoms with E-state index in [-0.39, 0.29) is 5.69 Å². The van der Waals surface area contributed by atoms with Gasteiger partial charge in [-0.15, -0.1) is 0 Å². The highest BCUT2D eigenvalue weighted by Gasteiger charge is 2.18. The fraction of sp³-hybridized carbons (Fsp3) is 0.400. The minimum atomic E-state index is -0.511. The minimum Gasteiger partial charge on any atom is -0.455 e. The zero-order chi connectivity index (χ0) is 10.8. The number of hydrogen-bond acceptors (Lipinski definition) is 3. The Bertz CT molecular complexity index is 344. The van der Waals surface area contributed by atoms with Gasteiger partial charge in [0.05, 0.1) is 0 Å². The Hall–Kier alpha value is -1.32. The second-order valence-corrected chi connectivity index (χ2v) is 3.95. The van der Waals surface area contributed by atoms with E-state index >= 15 is 0 Å². The van der Waals surface area contributed by atoms with Crippen LogP contribution in [0.15, 0.2) is 18.2 Å². The van der Waals surface area contributed by atoms with Crippen molar-refractivity contribution >= 4 is 19.4 Å². The summed E-state index contributed by atoms with van der Waals surface area (Å²) in [5, 5.41) is 0. The van der Waals surface area contributed by atoms with Gasteiger partial charge in [-0.25, -0.2) is 4.79 Å². The zero-order valence-electron chi connectivity index (χ0n) is 8.57. The number of rotatable bonds is 1. The standard InChI is InChI=1S/C10H12BNO2/c1-10(2,3)14-9(13)7-5-4-6-8(11)12-7/h4-6H,1-3H3. The Morgan fingerprint density at radius 1 is 1.43 bits per heavy atom. The Labute approximate surface area is 84.9 Å². The quantitative estimate of drug-likeness (QED) is 0.485. The fourth-order valence-electron chi connectivity index (χ4n) is 0.896. The van der Waals surface area contributed by atoms with Gasteiger partial charge >= 0.3 is 5.97 Å². The van der Waals surface area contributed by atoms with Gasteiger partial charge in [0.15, 0.2) is 0 Å². The highest BCUT2D eigenvalue weighted by molar-refractivity contribution is 6.30. The monoisotopic (exact) mass is 189 g/mol. The molecule has 3 nitrogen and oxygen atoms in total. The number of carbonyl (C=O) groups is 1. The molecule has 1 heterocycles. The molecule has 2 radical (unpaired) electrons. The molecule has 1 rings (SSSR count). The van der Waals surface area contributed by atoms with Crippen molar-refractivity contribution in [2.45, 2.75) is 26.4 Å². The summed E-state index contributed by atoms with van der Waals surface area (Å²) in [7, 11) is 5.44. The molecule has 0 fully saturated rings. The first-order chi connectivity index (χ1) is 6.38. The van der Waals surface area contributed by atoms with Gasteiger partial charge in [0.2, 0.25) is 0 Å². The van der Waals surface area contributed by atoms with Crippen molar-refractivity contribution in [2.24, 2.45) is 0 Å². The average molecular weight is 189 g/mol. The summed E-state index contributed by atoms with van der Waals surface area (Å²) in [4.78, 5) is 15.3. The molecule has 0 aliphatic rings. The predicted molar refractivity (Wildman–Crippen MR) is 54.8 cm³/mol. The zero-order valence-corrected chi connectivity index (χ0v) is 8.57. The van der Waals surface area contributed by atoms with E-state index in [2.05, 4.69) is 4.98 Å². The van der Waals surface area contributed by atoms with Crippen LogP contribution in [-0.2, 0) is 4.74 Å². The molecule has 0 saturated carbocycles. The van der Waals surface area contributed by atoms with Crippen LogP contribution in [0.25, 0.3) is 0 Å². The summed E-state index contributed by atoms with van der Waals surface area (Å²) >= 11 is 0. The van der Waals surface area contributed by atoms with Gasteiger partial charge in [-0.1, -0.05) is 12.1 Å². The first kappa shape index (κ1) is 10.8. The number of carbonyl (C=O) groups excluding carboxylic acids is 1. The van der Waals surface area contributed by atoms with Gasteiger partial charge in [0, 0.05) is 0 Å². The number of pyridine rings is 1. The summed E-state index contributed by atoms with van der Waals surface area (Å²) in [5.41, 5.74) is 0.0388. The smallest absolute Gasteiger partial charge is 0.357 e. The summed E-state index contributed by atoms with van der Waals surface area (Å²) < 4.78 is 5.12. The normalized spacial score (nSPS) is 11.1. The Balaban J connectivity index is 2.80. The summed E-state index contributed by atoms with van der Waals surface area (Å²) in [6.45, 7) is 5.41. The lowest BCUT2D eigenvalue weighted by Crippen LogP contribution is -2.25. The molecule has 14 heavy (non-hydrogen) atoms. The molecule has 0 N–H and O–H groups in total. The minimum absolute atomic E-state index is 0.236. The number of nitrogens with zero attached hydrogens (tertiary/aromatic N) is 1. The number of ether oxygens (including phenoxy) is 1. The lowest BCUT2D eigenvalue weighted by molar-refractivity contribution is 0.00631. The SMILES string of the molecule is [B]c1cccc(C(=O)OC(C)(C)C)n1. The maximum absolute atomic E-state index is 11.5. The molecule has 1 aromatic heterocycles. The van der Waals surface area contributed by atoms with Crippen LogP contribution in [0.4, 0.5) is 0 Å². The second-order valence-electron chi connectivity index (χ2n) is 3.95. The van der Waals surface area contributed by atoms with Gasteiger partial charge < -0.3 is 4.74 Å². The molecule has 0 spiro atoms. The van der Waals surface area contributed by atoms with Crippen LogP contribution in [0.2, 0.25) is 0 Å². The van der Waals surface area contributed by atoms with Gasteiger partial charge in [0.25, 0.3) is 0 Å². The van der Waals surface area contributed by atoms with Crippen LogP contribution in [0, 0.1) is 0 Å². The topological polar surface area (TPSA) is 39.2 Å². The number of aromatic nitrogens is 1. The van der Waals surface area contributed by atoms with Crippen LogP contribution in [-0.4, -0.2) is 24.4 Å². The van der Waals surface area contributed by atoms with E-state index in [1.807, 2.05) is 0 Å². The maximum Gasteiger partial charge on any atom is 0.357 e. The molecule has 0 aliphatic heterocycles. The van der Waals surface area contributed by atoms with Crippen molar-refractivity contribution in [2.75, 3.05) is 0 Å². The highest BCUT2D eigenvalue weighted by atomic mass is 16.6. The molecule has 0 aromatic carbocycles. The van der Waals surface area contributed by atoms with E-state index in [9.17, 15) is 4.79 Å². The molecule has 4 heteroatoms. The van der Waals surface area contributed by atoms with Gasteiger partial charge in [-0.2, -0.15) is 0 Å². The molecule has 1 aromatic rings. The van der Waals surface area contributed by atoms with E-state index in [4.69, 9.17) is 12.6 Å². The summed E-state index contributed by atoms with van der Waals surface area (Å²) in [6, 6.07) is 4.86. The van der Waals surface area contributed by atoms with Crippen LogP contribution in [0.1, 0.15) is 31.3 Å². The first-order valence-electron chi connectivity index (χ1n) is 4.34. The molecule has 0 unspecified atom stereocenters. The van der Waals surface area contributed by atoms with Crippen LogP contribution >= 0.6 is 0 Å². The Morgan fingerprint density at radius 3 is 2.57 bits per heavy atom. The first-order valence-corrected chi connectivity index (χ1v) is 4.34. The van der Waals surface area contributed by atoms with Gasteiger partial charge in [0.1, 0.15) is 19.1 Å². The predicted octanol–water partition coefficient (Wildman–Crippen LogP) is 0.831. The Morgan fingerprint density at radius 2 is 2.07 bits per heavy atom. The molecule has 0 atom stereocenters. The van der Waals surface area contributed by atoms with Crippen molar-refractivity contribution in [3.05, 3.63) is 23.9 Å². The van der Waals surface area contributed by atoms with Crippen molar-refractivity contribution in [1.29, 1.82) is 0 Å². The third-order valence-electron chi connectivity index (χ3n) is 1.38. The van der Waals surface area contributed by atoms with Crippen LogP contribution in [0.5, 0.6) is 0 Å². The van der Waals surface area contributed by atoms with E-state index in [0.29, 0.717) is 5.59 Å². The lowest BCUT2D eigenvalue weighted by Gasteiger charge is -2.19. The maximum atomic E-state index is 11.5. The van der Waals surface area contributed by atoms with Gasteiger partial charge in [-0.05, 0) is 32.4 Å². The number of hydrogen-bond donors (Lipinski definition) is 0. The highest BCUT2D eigenvalue weighted by Crippen LogP contribution is 2.09. The lowest BCUT2D eigenvalue weighted by atomic mass is 10.0. The van der Waals surface area contributed by atoms with Crippen molar-refractivity contribution in [3.63, 3.8) is 0 Å². The van der Waals surface area contributed by atoms with E-state index in [1.54, 1.807) is 39.0 Å². The third kappa shape index (κ3) is 3.20. The van der Waals surface area contributed by atoms with E-state index in [0.717, 1.165) is 0 Å². The van der Waals surface area contributed by atoms with Crippen molar-refractivity contribution in [3.8, 4) is 0 Å². The molecular weight excluding hydrogens is 177 g/mol. The second kappa shape index (κ2) is 3.82. The Kier molecular flexibility index (Phi) is 2.94. The molecule has 0 bridgehead atoms. The molecule has 72 valence electrons. The molecule has 0 aliphatic carbocycles. The van der Waals surface area contributed by atoms with E-state index < -0.39 is 11.6 Å². The van der Waals surface area contributed by atoms with Crippen LogP contribution < -0.4 is 5.59 Å².